The van der Waals surface area contributed by atoms with Gasteiger partial charge in [-0.05, 0) is 76.6 Å². The molecule has 0 radical (unpaired) electrons. The molecule has 5 rings (SSSR count). The second-order valence-electron chi connectivity index (χ2n) is 9.80. The van der Waals surface area contributed by atoms with E-state index in [1.54, 1.807) is 34.4 Å². The Labute approximate surface area is 213 Å². The lowest BCUT2D eigenvalue weighted by Gasteiger charge is -2.24. The molecule has 0 amide bonds. The topological polar surface area (TPSA) is 46.5 Å². The SMILES string of the molecule is CC1(C)CCC=C1c1c(COc2cccc(C(CC(=O)O)SC3CC3)c2)csc1-c1ccsc1. The summed E-state index contributed by atoms with van der Waals surface area (Å²) in [6.45, 7) is 5.19. The maximum absolute atomic E-state index is 11.4. The van der Waals surface area contributed by atoms with Crippen LogP contribution in [-0.2, 0) is 11.4 Å². The summed E-state index contributed by atoms with van der Waals surface area (Å²) in [6, 6.07) is 10.2. The van der Waals surface area contributed by atoms with Gasteiger partial charge in [-0.2, -0.15) is 11.3 Å². The number of ether oxygens (including phenoxy) is 1. The van der Waals surface area contributed by atoms with Crippen molar-refractivity contribution in [1.82, 2.24) is 0 Å². The van der Waals surface area contributed by atoms with Crippen LogP contribution in [0.25, 0.3) is 16.0 Å². The molecule has 1 saturated carbocycles. The standard InChI is InChI=1S/C28H30O3S3/c1-28(2)11-4-7-23(28)26-20(17-33-27(26)19-10-12-32-16-19)15-31-21-6-3-5-18(13-21)24(14-25(29)30)34-22-8-9-22/h3,5-7,10,12-13,16-17,22,24H,4,8-9,11,14-15H2,1-2H3,(H,29,30). The molecule has 1 N–H and O–H groups in total. The number of carbonyl (C=O) groups is 1. The van der Waals surface area contributed by atoms with Crippen molar-refractivity contribution in [3.05, 3.63) is 69.2 Å². The van der Waals surface area contributed by atoms with Crippen molar-refractivity contribution in [2.24, 2.45) is 5.41 Å². The Balaban J connectivity index is 1.39. The van der Waals surface area contributed by atoms with Crippen LogP contribution >= 0.6 is 34.4 Å². The fraction of sp³-hybridized carbons (Fsp3) is 0.393. The van der Waals surface area contributed by atoms with Gasteiger partial charge in [-0.25, -0.2) is 0 Å². The summed E-state index contributed by atoms with van der Waals surface area (Å²) in [5.74, 6) is 0.0546. The molecule has 2 aliphatic rings. The van der Waals surface area contributed by atoms with Gasteiger partial charge in [0.2, 0.25) is 0 Å². The lowest BCUT2D eigenvalue weighted by molar-refractivity contribution is -0.137. The molecule has 2 aliphatic carbocycles. The van der Waals surface area contributed by atoms with Crippen LogP contribution in [0.1, 0.15) is 67.9 Å². The molecule has 2 aromatic heterocycles. The molecule has 1 unspecified atom stereocenters. The van der Waals surface area contributed by atoms with E-state index >= 15 is 0 Å². The third-order valence-corrected chi connectivity index (χ3v) is 10.0. The fourth-order valence-corrected chi connectivity index (χ4v) is 7.84. The van der Waals surface area contributed by atoms with Crippen LogP contribution < -0.4 is 4.74 Å². The molecule has 2 heterocycles. The van der Waals surface area contributed by atoms with E-state index < -0.39 is 5.97 Å². The molecular weight excluding hydrogens is 481 g/mol. The number of allylic oxidation sites excluding steroid dienone is 2. The number of carboxylic acids is 1. The number of aliphatic carboxylic acids is 1. The minimum Gasteiger partial charge on any atom is -0.489 e. The molecule has 3 nitrogen and oxygen atoms in total. The molecule has 0 aliphatic heterocycles. The van der Waals surface area contributed by atoms with Crippen LogP contribution in [-0.4, -0.2) is 16.3 Å². The second-order valence-corrected chi connectivity index (χ2v) is 13.0. The maximum atomic E-state index is 11.4. The van der Waals surface area contributed by atoms with Crippen molar-refractivity contribution < 1.29 is 14.6 Å². The fourth-order valence-electron chi connectivity index (χ4n) is 4.64. The highest BCUT2D eigenvalue weighted by Crippen LogP contribution is 2.50. The van der Waals surface area contributed by atoms with Crippen LogP contribution in [0.15, 0.2) is 52.5 Å². The van der Waals surface area contributed by atoms with Gasteiger partial charge in [0.1, 0.15) is 12.4 Å². The van der Waals surface area contributed by atoms with Crippen molar-refractivity contribution in [2.75, 3.05) is 0 Å². The Morgan fingerprint density at radius 1 is 1.26 bits per heavy atom. The molecule has 34 heavy (non-hydrogen) atoms. The average molecular weight is 511 g/mol. The molecule has 0 saturated heterocycles. The van der Waals surface area contributed by atoms with Crippen molar-refractivity contribution in [2.45, 2.75) is 63.1 Å². The first-order chi connectivity index (χ1) is 16.4. The van der Waals surface area contributed by atoms with Crippen LogP contribution in [0.3, 0.4) is 0 Å². The van der Waals surface area contributed by atoms with E-state index in [2.05, 4.69) is 42.1 Å². The van der Waals surface area contributed by atoms with Crippen LogP contribution in [0, 0.1) is 5.41 Å². The normalized spacial score (nSPS) is 18.0. The first-order valence-corrected chi connectivity index (χ1v) is 14.6. The van der Waals surface area contributed by atoms with E-state index in [9.17, 15) is 9.90 Å². The highest BCUT2D eigenvalue weighted by molar-refractivity contribution is 8.00. The van der Waals surface area contributed by atoms with Crippen molar-refractivity contribution in [3.8, 4) is 16.2 Å². The number of benzene rings is 1. The third kappa shape index (κ3) is 5.29. The van der Waals surface area contributed by atoms with Crippen LogP contribution in [0.2, 0.25) is 0 Å². The minimum absolute atomic E-state index is 0.0279. The minimum atomic E-state index is -0.749. The largest absolute Gasteiger partial charge is 0.489 e. The van der Waals surface area contributed by atoms with Gasteiger partial charge in [-0.15, -0.1) is 23.1 Å². The first-order valence-electron chi connectivity index (χ1n) is 11.8. The van der Waals surface area contributed by atoms with Gasteiger partial charge in [0.05, 0.1) is 6.42 Å². The second kappa shape index (κ2) is 9.92. The summed E-state index contributed by atoms with van der Waals surface area (Å²) in [5, 5.41) is 16.6. The number of thiophene rings is 2. The number of rotatable bonds is 10. The molecule has 1 atom stereocenters. The van der Waals surface area contributed by atoms with E-state index in [4.69, 9.17) is 4.74 Å². The molecule has 6 heteroatoms. The van der Waals surface area contributed by atoms with E-state index in [-0.39, 0.29) is 17.1 Å². The third-order valence-electron chi connectivity index (χ3n) is 6.63. The van der Waals surface area contributed by atoms with Crippen molar-refractivity contribution >= 4 is 46.0 Å². The summed E-state index contributed by atoms with van der Waals surface area (Å²) in [7, 11) is 0. The Hall–Kier alpha value is -2.02. The van der Waals surface area contributed by atoms with Gasteiger partial charge in [0.15, 0.2) is 0 Å². The quantitative estimate of drug-likeness (QED) is 0.296. The Morgan fingerprint density at radius 2 is 2.12 bits per heavy atom. The van der Waals surface area contributed by atoms with Gasteiger partial charge in [-0.3, -0.25) is 4.79 Å². The lowest BCUT2D eigenvalue weighted by Crippen LogP contribution is -2.11. The summed E-state index contributed by atoms with van der Waals surface area (Å²) in [4.78, 5) is 12.8. The number of hydrogen-bond acceptors (Lipinski definition) is 5. The predicted molar refractivity (Wildman–Crippen MR) is 145 cm³/mol. The number of carboxylic acid groups (broad SMARTS) is 1. The smallest absolute Gasteiger partial charge is 0.304 e. The summed E-state index contributed by atoms with van der Waals surface area (Å²) in [5.41, 5.74) is 6.49. The van der Waals surface area contributed by atoms with Crippen molar-refractivity contribution in [1.29, 1.82) is 0 Å². The number of hydrogen-bond donors (Lipinski definition) is 1. The molecule has 1 fully saturated rings. The molecule has 178 valence electrons. The Kier molecular flexibility index (Phi) is 6.92. The predicted octanol–water partition coefficient (Wildman–Crippen LogP) is 8.67. The van der Waals surface area contributed by atoms with E-state index in [0.717, 1.165) is 17.7 Å². The number of thioether (sulfide) groups is 1. The first kappa shape index (κ1) is 23.7. The van der Waals surface area contributed by atoms with Gasteiger partial charge >= 0.3 is 5.97 Å². The monoisotopic (exact) mass is 510 g/mol. The highest BCUT2D eigenvalue weighted by Gasteiger charge is 2.32. The maximum Gasteiger partial charge on any atom is 0.304 e. The summed E-state index contributed by atoms with van der Waals surface area (Å²) >= 11 is 5.33. The molecule has 0 spiro atoms. The summed E-state index contributed by atoms with van der Waals surface area (Å²) in [6.07, 6.45) is 7.23. The van der Waals surface area contributed by atoms with Gasteiger partial charge in [0.25, 0.3) is 0 Å². The van der Waals surface area contributed by atoms with Gasteiger partial charge < -0.3 is 9.84 Å². The molecule has 0 bridgehead atoms. The van der Waals surface area contributed by atoms with E-state index in [1.165, 1.54) is 46.4 Å². The van der Waals surface area contributed by atoms with E-state index in [1.807, 2.05) is 24.3 Å². The summed E-state index contributed by atoms with van der Waals surface area (Å²) < 4.78 is 6.33. The van der Waals surface area contributed by atoms with E-state index in [0.29, 0.717) is 11.9 Å². The lowest BCUT2D eigenvalue weighted by atomic mass is 9.80. The van der Waals surface area contributed by atoms with Crippen molar-refractivity contribution in [3.63, 3.8) is 0 Å². The van der Waals surface area contributed by atoms with Crippen LogP contribution in [0.4, 0.5) is 0 Å². The Morgan fingerprint density at radius 3 is 2.79 bits per heavy atom. The van der Waals surface area contributed by atoms with Crippen LogP contribution in [0.5, 0.6) is 5.75 Å². The van der Waals surface area contributed by atoms with Gasteiger partial charge in [0, 0.05) is 32.1 Å². The zero-order valence-electron chi connectivity index (χ0n) is 19.6. The average Bonchev–Trinajstić information content (AvgIpc) is 3.16. The zero-order valence-corrected chi connectivity index (χ0v) is 22.0. The molecule has 3 aromatic rings. The zero-order chi connectivity index (χ0) is 23.7. The molecule has 1 aromatic carbocycles. The Bertz CT molecular complexity index is 1190. The molecular formula is C28H30O3S3. The van der Waals surface area contributed by atoms with Gasteiger partial charge in [-0.1, -0.05) is 32.1 Å². The highest BCUT2D eigenvalue weighted by atomic mass is 32.2.